The predicted molar refractivity (Wildman–Crippen MR) is 111 cm³/mol. The summed E-state index contributed by atoms with van der Waals surface area (Å²) in [4.78, 5) is 14.9. The summed E-state index contributed by atoms with van der Waals surface area (Å²) in [5.74, 6) is 0.728. The van der Waals surface area contributed by atoms with Gasteiger partial charge in [-0.3, -0.25) is 4.79 Å². The number of anilines is 2. The summed E-state index contributed by atoms with van der Waals surface area (Å²) in [6, 6.07) is 11.6. The third kappa shape index (κ3) is 4.99. The molecule has 0 bridgehead atoms. The Labute approximate surface area is 173 Å². The van der Waals surface area contributed by atoms with Gasteiger partial charge in [0.25, 0.3) is 0 Å². The molecule has 152 valence electrons. The number of carbonyl (C=O) groups is 1. The number of thioether (sulfide) groups is 1. The molecule has 1 atom stereocenters. The van der Waals surface area contributed by atoms with Crippen molar-refractivity contribution >= 4 is 29.0 Å². The molecular weight excluding hydrogens is 390 g/mol. The van der Waals surface area contributed by atoms with Crippen molar-refractivity contribution < 1.29 is 13.9 Å². The molecule has 1 fully saturated rings. The normalized spacial score (nSPS) is 15.3. The van der Waals surface area contributed by atoms with E-state index in [4.69, 9.17) is 9.15 Å². The average molecular weight is 414 g/mol. The Morgan fingerprint density at radius 1 is 1.24 bits per heavy atom. The quantitative estimate of drug-likeness (QED) is 0.596. The van der Waals surface area contributed by atoms with Crippen LogP contribution in [0.25, 0.3) is 0 Å². The fourth-order valence-electron chi connectivity index (χ4n) is 3.05. The molecule has 9 heteroatoms. The number of nitrogens with one attached hydrogen (secondary N) is 1. The van der Waals surface area contributed by atoms with Crippen LogP contribution in [0.15, 0.2) is 58.6 Å². The highest BCUT2D eigenvalue weighted by atomic mass is 32.2. The van der Waals surface area contributed by atoms with Crippen molar-refractivity contribution in [2.75, 3.05) is 36.5 Å². The van der Waals surface area contributed by atoms with Crippen LogP contribution in [0.3, 0.4) is 0 Å². The Hall–Kier alpha value is -2.78. The number of hydrogen-bond acceptors (Lipinski definition) is 7. The summed E-state index contributed by atoms with van der Waals surface area (Å²) in [6.07, 6.45) is 3.27. The zero-order valence-corrected chi connectivity index (χ0v) is 17.0. The van der Waals surface area contributed by atoms with Crippen LogP contribution in [-0.4, -0.2) is 52.2 Å². The van der Waals surface area contributed by atoms with E-state index in [-0.39, 0.29) is 11.2 Å². The fourth-order valence-corrected chi connectivity index (χ4v) is 3.87. The number of rotatable bonds is 7. The molecule has 29 heavy (non-hydrogen) atoms. The summed E-state index contributed by atoms with van der Waals surface area (Å²) in [5, 5.41) is 11.4. The lowest BCUT2D eigenvalue weighted by atomic mass is 10.2. The van der Waals surface area contributed by atoms with E-state index < -0.39 is 0 Å². The first-order valence-electron chi connectivity index (χ1n) is 9.49. The SMILES string of the molecule is CC(Sc1nncn1Cc1ccco1)C(=O)Nc1ccc(N2CCOCC2)cc1. The van der Waals surface area contributed by atoms with Crippen LogP contribution in [0.4, 0.5) is 11.4 Å². The molecule has 1 aliphatic heterocycles. The number of hydrogen-bond donors (Lipinski definition) is 1. The molecule has 0 saturated carbocycles. The minimum absolute atomic E-state index is 0.0818. The van der Waals surface area contributed by atoms with E-state index in [9.17, 15) is 4.79 Å². The number of nitrogens with zero attached hydrogens (tertiary/aromatic N) is 4. The maximum absolute atomic E-state index is 12.6. The van der Waals surface area contributed by atoms with Gasteiger partial charge >= 0.3 is 0 Å². The number of ether oxygens (including phenoxy) is 1. The van der Waals surface area contributed by atoms with Crippen molar-refractivity contribution in [2.24, 2.45) is 0 Å². The zero-order valence-electron chi connectivity index (χ0n) is 16.2. The molecule has 3 aromatic rings. The van der Waals surface area contributed by atoms with E-state index in [1.807, 2.05) is 47.9 Å². The summed E-state index contributed by atoms with van der Waals surface area (Å²) in [5.41, 5.74) is 1.91. The molecule has 1 amide bonds. The van der Waals surface area contributed by atoms with E-state index in [0.717, 1.165) is 43.4 Å². The third-order valence-corrected chi connectivity index (χ3v) is 5.74. The minimum atomic E-state index is -0.325. The molecular formula is C20H23N5O3S. The number of amides is 1. The van der Waals surface area contributed by atoms with Gasteiger partial charge in [-0.15, -0.1) is 10.2 Å². The first-order chi connectivity index (χ1) is 14.2. The highest BCUT2D eigenvalue weighted by Crippen LogP contribution is 2.24. The van der Waals surface area contributed by atoms with E-state index in [0.29, 0.717) is 11.7 Å². The number of carbonyl (C=O) groups excluding carboxylic acids is 1. The highest BCUT2D eigenvalue weighted by molar-refractivity contribution is 8.00. The van der Waals surface area contributed by atoms with Crippen LogP contribution in [0, 0.1) is 0 Å². The van der Waals surface area contributed by atoms with Crippen molar-refractivity contribution in [3.63, 3.8) is 0 Å². The molecule has 0 aliphatic carbocycles. The van der Waals surface area contributed by atoms with Gasteiger partial charge in [-0.2, -0.15) is 0 Å². The van der Waals surface area contributed by atoms with E-state index >= 15 is 0 Å². The lowest BCUT2D eigenvalue weighted by molar-refractivity contribution is -0.115. The van der Waals surface area contributed by atoms with Crippen molar-refractivity contribution in [3.8, 4) is 0 Å². The van der Waals surface area contributed by atoms with E-state index in [2.05, 4.69) is 20.4 Å². The lowest BCUT2D eigenvalue weighted by Gasteiger charge is -2.28. The van der Waals surface area contributed by atoms with Crippen molar-refractivity contribution in [1.29, 1.82) is 0 Å². The molecule has 1 saturated heterocycles. The lowest BCUT2D eigenvalue weighted by Crippen LogP contribution is -2.36. The summed E-state index contributed by atoms with van der Waals surface area (Å²) in [6.45, 7) is 5.65. The Balaban J connectivity index is 1.33. The topological polar surface area (TPSA) is 85.4 Å². The average Bonchev–Trinajstić information content (AvgIpc) is 3.42. The molecule has 2 aromatic heterocycles. The smallest absolute Gasteiger partial charge is 0.237 e. The largest absolute Gasteiger partial charge is 0.467 e. The van der Waals surface area contributed by atoms with E-state index in [1.165, 1.54) is 11.8 Å². The molecule has 1 unspecified atom stereocenters. The maximum Gasteiger partial charge on any atom is 0.237 e. The van der Waals surface area contributed by atoms with Gasteiger partial charge in [0.2, 0.25) is 5.91 Å². The second-order valence-corrected chi connectivity index (χ2v) is 8.02. The maximum atomic E-state index is 12.6. The standard InChI is InChI=1S/C20H23N5O3S/c1-15(29-20-23-21-14-25(20)13-18-3-2-10-28-18)19(26)22-16-4-6-17(7-5-16)24-8-11-27-12-9-24/h2-7,10,14-15H,8-9,11-13H2,1H3,(H,22,26). The first-order valence-corrected chi connectivity index (χ1v) is 10.4. The van der Waals surface area contributed by atoms with Gasteiger partial charge < -0.3 is 23.9 Å². The van der Waals surface area contributed by atoms with Gasteiger partial charge in [0.1, 0.15) is 12.1 Å². The second-order valence-electron chi connectivity index (χ2n) is 6.72. The Kier molecular flexibility index (Phi) is 6.16. The minimum Gasteiger partial charge on any atom is -0.467 e. The Bertz CT molecular complexity index is 920. The number of furan rings is 1. The van der Waals surface area contributed by atoms with E-state index in [1.54, 1.807) is 12.6 Å². The Morgan fingerprint density at radius 2 is 2.03 bits per heavy atom. The molecule has 4 rings (SSSR count). The van der Waals surface area contributed by atoms with Crippen molar-refractivity contribution in [1.82, 2.24) is 14.8 Å². The van der Waals surface area contributed by atoms with Gasteiger partial charge in [0.05, 0.1) is 31.3 Å². The van der Waals surface area contributed by atoms with Crippen LogP contribution >= 0.6 is 11.8 Å². The van der Waals surface area contributed by atoms with Crippen molar-refractivity contribution in [3.05, 3.63) is 54.7 Å². The molecule has 1 aromatic carbocycles. The van der Waals surface area contributed by atoms with Crippen LogP contribution in [0.2, 0.25) is 0 Å². The van der Waals surface area contributed by atoms with Crippen LogP contribution in [0.5, 0.6) is 0 Å². The van der Waals surface area contributed by atoms with Gasteiger partial charge in [-0.1, -0.05) is 11.8 Å². The van der Waals surface area contributed by atoms with Crippen LogP contribution < -0.4 is 10.2 Å². The number of aromatic nitrogens is 3. The number of benzene rings is 1. The third-order valence-electron chi connectivity index (χ3n) is 4.65. The van der Waals surface area contributed by atoms with Crippen LogP contribution in [-0.2, 0) is 16.1 Å². The van der Waals surface area contributed by atoms with Crippen molar-refractivity contribution in [2.45, 2.75) is 23.9 Å². The second kappa shape index (κ2) is 9.15. The fraction of sp³-hybridized carbons (Fsp3) is 0.350. The Morgan fingerprint density at radius 3 is 2.76 bits per heavy atom. The van der Waals surface area contributed by atoms with Gasteiger partial charge in [-0.25, -0.2) is 0 Å². The number of morpholine rings is 1. The molecule has 0 spiro atoms. The van der Waals surface area contributed by atoms with Gasteiger partial charge in [0, 0.05) is 24.5 Å². The molecule has 8 nitrogen and oxygen atoms in total. The molecule has 1 aliphatic rings. The summed E-state index contributed by atoms with van der Waals surface area (Å²) in [7, 11) is 0. The zero-order chi connectivity index (χ0) is 20.1. The van der Waals surface area contributed by atoms with Gasteiger partial charge in [-0.05, 0) is 43.3 Å². The predicted octanol–water partition coefficient (Wildman–Crippen LogP) is 2.88. The van der Waals surface area contributed by atoms with Crippen LogP contribution in [0.1, 0.15) is 12.7 Å². The van der Waals surface area contributed by atoms with Gasteiger partial charge in [0.15, 0.2) is 5.16 Å². The summed E-state index contributed by atoms with van der Waals surface area (Å²) < 4.78 is 12.6. The highest BCUT2D eigenvalue weighted by Gasteiger charge is 2.19. The summed E-state index contributed by atoms with van der Waals surface area (Å²) >= 11 is 1.37. The molecule has 1 N–H and O–H groups in total. The first kappa shape index (κ1) is 19.5. The molecule has 0 radical (unpaired) electrons. The monoisotopic (exact) mass is 413 g/mol. The molecule has 3 heterocycles.